The number of hydrogen-bond acceptors (Lipinski definition) is 5. The number of benzene rings is 3. The van der Waals surface area contributed by atoms with Crippen LogP contribution in [-0.4, -0.2) is 24.4 Å². The minimum atomic E-state index is -4.73. The van der Waals surface area contributed by atoms with Crippen LogP contribution in [0.4, 0.5) is 17.6 Å². The number of nitriles is 1. The monoisotopic (exact) mass is 499 g/mol. The van der Waals surface area contributed by atoms with E-state index < -0.39 is 35.8 Å². The Bertz CT molecular complexity index is 1270. The first-order valence-electron chi connectivity index (χ1n) is 11.1. The van der Waals surface area contributed by atoms with E-state index in [4.69, 9.17) is 14.2 Å². The summed E-state index contributed by atoms with van der Waals surface area (Å²) in [6, 6.07) is 21.3. The summed E-state index contributed by atoms with van der Waals surface area (Å²) < 4.78 is 73.9. The summed E-state index contributed by atoms with van der Waals surface area (Å²) in [5.74, 6) is -9.64. The fourth-order valence-corrected chi connectivity index (χ4v) is 4.11. The van der Waals surface area contributed by atoms with Gasteiger partial charge in [-0.2, -0.15) is 22.8 Å². The summed E-state index contributed by atoms with van der Waals surface area (Å²) in [5, 5.41) is 9.64. The lowest BCUT2D eigenvalue weighted by atomic mass is 9.58. The number of nitrogens with zero attached hydrogens (tertiary/aromatic N) is 1. The number of rotatable bonds is 8. The van der Waals surface area contributed by atoms with Gasteiger partial charge in [-0.3, -0.25) is 4.79 Å². The first-order chi connectivity index (χ1) is 17.1. The third-order valence-corrected chi connectivity index (χ3v) is 5.97. The fourth-order valence-electron chi connectivity index (χ4n) is 4.11. The first kappa shape index (κ1) is 25.0. The van der Waals surface area contributed by atoms with Crippen LogP contribution in [0.2, 0.25) is 0 Å². The van der Waals surface area contributed by atoms with Gasteiger partial charge in [-0.25, -0.2) is 0 Å². The Balaban J connectivity index is 1.63. The highest BCUT2D eigenvalue weighted by Gasteiger charge is 2.84. The van der Waals surface area contributed by atoms with Crippen molar-refractivity contribution in [3.05, 3.63) is 90.0 Å². The van der Waals surface area contributed by atoms with Crippen molar-refractivity contribution >= 4 is 5.97 Å². The minimum Gasteiger partial charge on any atom is -0.494 e. The molecule has 0 spiro atoms. The van der Waals surface area contributed by atoms with Gasteiger partial charge < -0.3 is 14.2 Å². The molecule has 1 saturated carbocycles. The molecule has 3 aromatic carbocycles. The maximum atomic E-state index is 14.9. The normalized spacial score (nSPS) is 20.3. The molecule has 4 rings (SSSR count). The minimum absolute atomic E-state index is 0.135. The molecule has 2 unspecified atom stereocenters. The van der Waals surface area contributed by atoms with Crippen molar-refractivity contribution in [1.29, 1.82) is 5.26 Å². The lowest BCUT2D eigenvalue weighted by molar-refractivity contribution is -0.324. The predicted octanol–water partition coefficient (Wildman–Crippen LogP) is 6.60. The zero-order valence-corrected chi connectivity index (χ0v) is 19.1. The molecule has 0 saturated heterocycles. The van der Waals surface area contributed by atoms with E-state index in [0.29, 0.717) is 23.9 Å². The van der Waals surface area contributed by atoms with Crippen molar-refractivity contribution in [1.82, 2.24) is 0 Å². The van der Waals surface area contributed by atoms with Crippen LogP contribution < -0.4 is 9.47 Å². The topological polar surface area (TPSA) is 68.5 Å². The molecule has 0 bridgehead atoms. The standard InChI is InChI=1S/C27H21F4NO4/c1-2-34-20-13-11-19(12-14-20)25(17-26(28,29)27(25,30)31)24(33)36-23(16-32)18-7-6-10-22(15-18)35-21-8-4-3-5-9-21/h3-15,23H,2,17H2,1H3. The molecule has 1 aliphatic rings. The molecule has 1 fully saturated rings. The second-order valence-electron chi connectivity index (χ2n) is 8.22. The molecule has 0 amide bonds. The molecule has 9 heteroatoms. The summed E-state index contributed by atoms with van der Waals surface area (Å²) in [6.45, 7) is 2.02. The maximum absolute atomic E-state index is 14.9. The molecule has 2 atom stereocenters. The van der Waals surface area contributed by atoms with Crippen LogP contribution in [0.1, 0.15) is 30.6 Å². The Hall–Kier alpha value is -4.06. The number of carbonyl (C=O) groups is 1. The lowest BCUT2D eigenvalue weighted by Crippen LogP contribution is -2.72. The van der Waals surface area contributed by atoms with Gasteiger partial charge in [0.2, 0.25) is 6.10 Å². The van der Waals surface area contributed by atoms with Gasteiger partial charge in [-0.15, -0.1) is 0 Å². The van der Waals surface area contributed by atoms with Crippen LogP contribution in [0.25, 0.3) is 0 Å². The van der Waals surface area contributed by atoms with Crippen LogP contribution in [-0.2, 0) is 14.9 Å². The zero-order chi connectivity index (χ0) is 26.0. The quantitative estimate of drug-likeness (QED) is 0.258. The van der Waals surface area contributed by atoms with E-state index in [0.717, 1.165) is 12.1 Å². The molecule has 186 valence electrons. The van der Waals surface area contributed by atoms with Crippen LogP contribution in [0.5, 0.6) is 17.2 Å². The molecule has 0 aliphatic heterocycles. The lowest BCUT2D eigenvalue weighted by Gasteiger charge is -2.52. The van der Waals surface area contributed by atoms with E-state index in [1.165, 1.54) is 30.3 Å². The van der Waals surface area contributed by atoms with E-state index >= 15 is 0 Å². The molecule has 0 N–H and O–H groups in total. The van der Waals surface area contributed by atoms with E-state index in [-0.39, 0.29) is 11.1 Å². The van der Waals surface area contributed by atoms with Crippen molar-refractivity contribution in [2.24, 2.45) is 0 Å². The fraction of sp³-hybridized carbons (Fsp3) is 0.259. The second-order valence-corrected chi connectivity index (χ2v) is 8.22. The number of ether oxygens (including phenoxy) is 3. The van der Waals surface area contributed by atoms with Crippen LogP contribution in [0.3, 0.4) is 0 Å². The van der Waals surface area contributed by atoms with Crippen molar-refractivity contribution in [2.45, 2.75) is 36.7 Å². The zero-order valence-electron chi connectivity index (χ0n) is 19.1. The predicted molar refractivity (Wildman–Crippen MR) is 121 cm³/mol. The van der Waals surface area contributed by atoms with Crippen molar-refractivity contribution < 1.29 is 36.6 Å². The molecule has 0 heterocycles. The average molecular weight is 499 g/mol. The molecule has 1 aliphatic carbocycles. The third kappa shape index (κ3) is 4.24. The number of esters is 1. The Kier molecular flexibility index (Phi) is 6.63. The van der Waals surface area contributed by atoms with Gasteiger partial charge in [-0.05, 0) is 48.9 Å². The summed E-state index contributed by atoms with van der Waals surface area (Å²) in [4.78, 5) is 13.1. The second kappa shape index (κ2) is 9.53. The molecule has 0 radical (unpaired) electrons. The highest BCUT2D eigenvalue weighted by atomic mass is 19.3. The number of alkyl halides is 4. The van der Waals surface area contributed by atoms with Gasteiger partial charge >= 0.3 is 17.8 Å². The van der Waals surface area contributed by atoms with Crippen LogP contribution >= 0.6 is 0 Å². The number of halogens is 4. The Morgan fingerprint density at radius 3 is 2.19 bits per heavy atom. The highest BCUT2D eigenvalue weighted by molar-refractivity contribution is 5.87. The number of para-hydroxylation sites is 1. The number of carbonyl (C=O) groups excluding carboxylic acids is 1. The SMILES string of the molecule is CCOc1ccc(C2(C(=O)OC(C#N)c3cccc(Oc4ccccc4)c3)CC(F)(F)C2(F)F)cc1. The third-order valence-electron chi connectivity index (χ3n) is 5.97. The Labute approximate surface area is 204 Å². The van der Waals surface area contributed by atoms with Gasteiger partial charge in [0.25, 0.3) is 0 Å². The van der Waals surface area contributed by atoms with Crippen molar-refractivity contribution in [3.8, 4) is 23.3 Å². The first-order valence-corrected chi connectivity index (χ1v) is 11.1. The van der Waals surface area contributed by atoms with Crippen molar-refractivity contribution in [3.63, 3.8) is 0 Å². The van der Waals surface area contributed by atoms with Crippen LogP contribution in [0.15, 0.2) is 78.9 Å². The average Bonchev–Trinajstić information content (AvgIpc) is 2.87. The summed E-state index contributed by atoms with van der Waals surface area (Å²) >= 11 is 0. The largest absolute Gasteiger partial charge is 0.494 e. The van der Waals surface area contributed by atoms with E-state index in [1.54, 1.807) is 49.4 Å². The highest BCUT2D eigenvalue weighted by Crippen LogP contribution is 2.64. The molecule has 5 nitrogen and oxygen atoms in total. The Morgan fingerprint density at radius 2 is 1.61 bits per heavy atom. The molecule has 0 aromatic heterocycles. The summed E-state index contributed by atoms with van der Waals surface area (Å²) in [6.07, 6.45) is -3.10. The molecule has 3 aromatic rings. The summed E-state index contributed by atoms with van der Waals surface area (Å²) in [5.41, 5.74) is -3.19. The van der Waals surface area contributed by atoms with E-state index in [9.17, 15) is 27.6 Å². The number of hydrogen-bond donors (Lipinski definition) is 0. The van der Waals surface area contributed by atoms with Gasteiger partial charge in [0.15, 0.2) is 5.41 Å². The molecular formula is C27H21F4NO4. The Morgan fingerprint density at radius 1 is 0.944 bits per heavy atom. The molecular weight excluding hydrogens is 478 g/mol. The smallest absolute Gasteiger partial charge is 0.330 e. The molecule has 36 heavy (non-hydrogen) atoms. The maximum Gasteiger partial charge on any atom is 0.330 e. The van der Waals surface area contributed by atoms with Gasteiger partial charge in [0.1, 0.15) is 23.3 Å². The summed E-state index contributed by atoms with van der Waals surface area (Å²) in [7, 11) is 0. The van der Waals surface area contributed by atoms with Gasteiger partial charge in [0, 0.05) is 12.0 Å². The van der Waals surface area contributed by atoms with Gasteiger partial charge in [-0.1, -0.05) is 42.5 Å². The van der Waals surface area contributed by atoms with Crippen LogP contribution in [0, 0.1) is 11.3 Å². The van der Waals surface area contributed by atoms with E-state index in [1.807, 2.05) is 0 Å². The van der Waals surface area contributed by atoms with Gasteiger partial charge in [0.05, 0.1) is 6.61 Å². The van der Waals surface area contributed by atoms with E-state index in [2.05, 4.69) is 0 Å². The van der Waals surface area contributed by atoms with Crippen molar-refractivity contribution in [2.75, 3.05) is 6.61 Å².